The summed E-state index contributed by atoms with van der Waals surface area (Å²) in [5, 5.41) is 0. The van der Waals surface area contributed by atoms with E-state index >= 15 is 0 Å². The largest absolute Gasteiger partial charge is 0.493 e. The number of benzene rings is 2. The number of carbonyl (C=O) groups is 2. The van der Waals surface area contributed by atoms with Crippen molar-refractivity contribution in [2.45, 2.75) is 43.2 Å². The molecule has 1 saturated carbocycles. The summed E-state index contributed by atoms with van der Waals surface area (Å²) in [6, 6.07) is 12.9. The SMILES string of the molecule is C/C=C1/CN2[C@@H]3C[C@@]45c6cc(OC)c(OC)cc6N(C)[C@]4(O3)[C@@H]2C[C@@H]1[C@@]5(COC(=O)c1ccccc1)C(=O)OC. The molecule has 4 fully saturated rings. The third kappa shape index (κ3) is 2.65. The molecule has 4 bridgehead atoms. The topological polar surface area (TPSA) is 86.8 Å². The smallest absolute Gasteiger partial charge is 0.338 e. The normalized spacial score (nSPS) is 35.5. The predicted molar refractivity (Wildman–Crippen MR) is 145 cm³/mol. The van der Waals surface area contributed by atoms with Gasteiger partial charge >= 0.3 is 11.9 Å². The first kappa shape index (κ1) is 25.4. The Morgan fingerprint density at radius 3 is 2.50 bits per heavy atom. The van der Waals surface area contributed by atoms with Crippen molar-refractivity contribution in [3.05, 3.63) is 65.2 Å². The average Bonchev–Trinajstić information content (AvgIpc) is 3.60. The number of hydrogen-bond donors (Lipinski definition) is 0. The lowest BCUT2D eigenvalue weighted by Crippen LogP contribution is -2.80. The number of carbonyl (C=O) groups excluding carboxylic acids is 2. The Morgan fingerprint density at radius 1 is 1.10 bits per heavy atom. The highest BCUT2D eigenvalue weighted by Crippen LogP contribution is 2.78. The van der Waals surface area contributed by atoms with Crippen molar-refractivity contribution >= 4 is 17.6 Å². The quantitative estimate of drug-likeness (QED) is 0.399. The Labute approximate surface area is 233 Å². The van der Waals surface area contributed by atoms with Crippen molar-refractivity contribution in [3.8, 4) is 11.5 Å². The van der Waals surface area contributed by atoms with E-state index in [1.165, 1.54) is 7.11 Å². The van der Waals surface area contributed by atoms with E-state index in [-0.39, 0.29) is 24.8 Å². The van der Waals surface area contributed by atoms with Crippen LogP contribution in [0.2, 0.25) is 0 Å². The second-order valence-corrected chi connectivity index (χ2v) is 11.4. The molecular formula is C31H34N2O7. The van der Waals surface area contributed by atoms with Gasteiger partial charge in [-0.15, -0.1) is 0 Å². The summed E-state index contributed by atoms with van der Waals surface area (Å²) in [4.78, 5) is 32.5. The molecule has 6 atom stereocenters. The number of ether oxygens (including phenoxy) is 5. The number of esters is 2. The predicted octanol–water partition coefficient (Wildman–Crippen LogP) is 3.51. The fourth-order valence-corrected chi connectivity index (χ4v) is 8.96. The number of anilines is 1. The Kier molecular flexibility index (Phi) is 5.38. The molecule has 0 N–H and O–H groups in total. The number of methoxy groups -OCH3 is 3. The molecule has 0 radical (unpaired) electrons. The van der Waals surface area contributed by atoms with Crippen LogP contribution in [-0.4, -0.2) is 76.4 Å². The zero-order chi connectivity index (χ0) is 28.0. The van der Waals surface area contributed by atoms with Crippen molar-refractivity contribution in [1.82, 2.24) is 4.90 Å². The van der Waals surface area contributed by atoms with Crippen LogP contribution >= 0.6 is 0 Å². The Hall–Kier alpha value is -3.56. The summed E-state index contributed by atoms with van der Waals surface area (Å²) in [5.41, 5.74) is 0.433. The van der Waals surface area contributed by atoms with Gasteiger partial charge in [0.1, 0.15) is 18.2 Å². The van der Waals surface area contributed by atoms with E-state index in [1.807, 2.05) is 32.2 Å². The second-order valence-electron chi connectivity index (χ2n) is 11.4. The Bertz CT molecular complexity index is 1440. The number of piperidine rings is 2. The molecule has 40 heavy (non-hydrogen) atoms. The minimum atomic E-state index is -1.25. The van der Waals surface area contributed by atoms with Gasteiger partial charge in [-0.05, 0) is 37.1 Å². The van der Waals surface area contributed by atoms with Crippen LogP contribution in [-0.2, 0) is 24.4 Å². The zero-order valence-electron chi connectivity index (χ0n) is 23.4. The molecular weight excluding hydrogens is 512 g/mol. The van der Waals surface area contributed by atoms with Gasteiger partial charge < -0.3 is 28.6 Å². The summed E-state index contributed by atoms with van der Waals surface area (Å²) >= 11 is 0. The first-order chi connectivity index (χ1) is 19.3. The highest BCUT2D eigenvalue weighted by molar-refractivity contribution is 5.91. The van der Waals surface area contributed by atoms with Gasteiger partial charge in [-0.2, -0.15) is 0 Å². The van der Waals surface area contributed by atoms with Gasteiger partial charge in [0.2, 0.25) is 0 Å². The van der Waals surface area contributed by atoms with Crippen LogP contribution in [0, 0.1) is 11.3 Å². The van der Waals surface area contributed by atoms with Gasteiger partial charge in [-0.1, -0.05) is 29.8 Å². The van der Waals surface area contributed by atoms with Crippen molar-refractivity contribution in [2.75, 3.05) is 46.4 Å². The molecule has 4 heterocycles. The number of hydrogen-bond acceptors (Lipinski definition) is 9. The lowest BCUT2D eigenvalue weighted by Gasteiger charge is -2.65. The summed E-state index contributed by atoms with van der Waals surface area (Å²) in [6.45, 7) is 2.57. The van der Waals surface area contributed by atoms with E-state index in [0.717, 1.165) is 16.8 Å². The van der Waals surface area contributed by atoms with E-state index < -0.39 is 28.5 Å². The van der Waals surface area contributed by atoms with Crippen molar-refractivity contribution < 1.29 is 33.3 Å². The fraction of sp³-hybridized carbons (Fsp3) is 0.484. The molecule has 2 aromatic rings. The van der Waals surface area contributed by atoms with Crippen LogP contribution in [0.3, 0.4) is 0 Å². The minimum absolute atomic E-state index is 0.0388. The molecule has 4 aliphatic heterocycles. The van der Waals surface area contributed by atoms with E-state index in [0.29, 0.717) is 36.4 Å². The third-order valence-electron chi connectivity index (χ3n) is 10.4. The number of nitrogens with zero attached hydrogens (tertiary/aromatic N) is 2. The summed E-state index contributed by atoms with van der Waals surface area (Å²) < 4.78 is 30.3. The Morgan fingerprint density at radius 2 is 1.82 bits per heavy atom. The molecule has 3 saturated heterocycles. The van der Waals surface area contributed by atoms with Crippen molar-refractivity contribution in [3.63, 3.8) is 0 Å². The zero-order valence-corrected chi connectivity index (χ0v) is 23.4. The number of allylic oxidation sites excluding steroid dienone is 1. The van der Waals surface area contributed by atoms with Crippen LogP contribution in [0.1, 0.15) is 35.7 Å². The first-order valence-corrected chi connectivity index (χ1v) is 13.7. The molecule has 2 aromatic carbocycles. The summed E-state index contributed by atoms with van der Waals surface area (Å²) in [6.07, 6.45) is 3.15. The van der Waals surface area contributed by atoms with Crippen molar-refractivity contribution in [2.24, 2.45) is 11.3 Å². The van der Waals surface area contributed by atoms with Crippen LogP contribution in [0.4, 0.5) is 5.69 Å². The van der Waals surface area contributed by atoms with Gasteiger partial charge in [0.25, 0.3) is 0 Å². The van der Waals surface area contributed by atoms with Gasteiger partial charge in [0.05, 0.1) is 38.3 Å². The molecule has 9 nitrogen and oxygen atoms in total. The molecule has 1 aliphatic carbocycles. The molecule has 5 aliphatic rings. The van der Waals surface area contributed by atoms with Crippen LogP contribution in [0.5, 0.6) is 11.5 Å². The van der Waals surface area contributed by atoms with Crippen molar-refractivity contribution in [1.29, 1.82) is 0 Å². The van der Waals surface area contributed by atoms with Gasteiger partial charge in [-0.3, -0.25) is 9.69 Å². The number of fused-ring (bicyclic) bond motifs is 4. The second kappa shape index (κ2) is 8.47. The standard InChI is InChI=1S/C31H34N2O7/c1-6-18-16-33-25-13-20(18)29(28(35)38-5,17-39-27(34)19-10-8-7-9-11-19)30-15-26(33)40-31(25,30)32(2)22-14-24(37-4)23(36-3)12-21(22)30/h6-12,14,20,25-26H,13,15-17H2,1-5H3/b18-6-/t20-,25-,26-,29-,30-,31-/m0/s1. The van der Waals surface area contributed by atoms with E-state index in [2.05, 4.69) is 15.9 Å². The lowest BCUT2D eigenvalue weighted by molar-refractivity contribution is -0.194. The monoisotopic (exact) mass is 546 g/mol. The first-order valence-electron chi connectivity index (χ1n) is 13.7. The van der Waals surface area contributed by atoms with E-state index in [4.69, 9.17) is 23.7 Å². The maximum atomic E-state index is 14.5. The van der Waals surface area contributed by atoms with Gasteiger partial charge in [0.15, 0.2) is 17.2 Å². The molecule has 0 amide bonds. The molecule has 7 rings (SSSR count). The summed E-state index contributed by atoms with van der Waals surface area (Å²) in [5.74, 6) is 0.0948. The molecule has 210 valence electrons. The molecule has 9 heteroatoms. The Balaban J connectivity index is 1.50. The van der Waals surface area contributed by atoms with Crippen LogP contribution in [0.25, 0.3) is 0 Å². The average molecular weight is 547 g/mol. The fourth-order valence-electron chi connectivity index (χ4n) is 8.96. The third-order valence-corrected chi connectivity index (χ3v) is 10.4. The highest BCUT2D eigenvalue weighted by atomic mass is 16.6. The van der Waals surface area contributed by atoms with E-state index in [9.17, 15) is 9.59 Å². The highest BCUT2D eigenvalue weighted by Gasteiger charge is 2.88. The van der Waals surface area contributed by atoms with Gasteiger partial charge in [-0.25, -0.2) is 4.79 Å². The lowest BCUT2D eigenvalue weighted by atomic mass is 9.42. The minimum Gasteiger partial charge on any atom is -0.493 e. The maximum absolute atomic E-state index is 14.5. The maximum Gasteiger partial charge on any atom is 0.338 e. The summed E-state index contributed by atoms with van der Waals surface area (Å²) in [7, 11) is 6.67. The van der Waals surface area contributed by atoms with Crippen LogP contribution < -0.4 is 14.4 Å². The van der Waals surface area contributed by atoms with E-state index in [1.54, 1.807) is 38.5 Å². The number of likely N-dealkylation sites (N-methyl/N-ethyl adjacent to an activating group) is 1. The number of rotatable bonds is 6. The molecule has 0 aromatic heterocycles. The molecule has 1 spiro atoms. The van der Waals surface area contributed by atoms with Crippen LogP contribution in [0.15, 0.2) is 54.1 Å². The molecule has 0 unspecified atom stereocenters. The van der Waals surface area contributed by atoms with Gasteiger partial charge in [0, 0.05) is 37.7 Å².